The monoisotopic (exact) mass is 298 g/mol. The highest BCUT2D eigenvalue weighted by molar-refractivity contribution is 6.30. The summed E-state index contributed by atoms with van der Waals surface area (Å²) in [4.78, 5) is 13.1. The van der Waals surface area contributed by atoms with Gasteiger partial charge in [-0.1, -0.05) is 11.6 Å². The summed E-state index contributed by atoms with van der Waals surface area (Å²) in [6.45, 7) is 6.93. The second-order valence-corrected chi connectivity index (χ2v) is 6.37. The Balaban J connectivity index is 2.77. The predicted octanol–water partition coefficient (Wildman–Crippen LogP) is 2.70. The molecule has 0 fully saturated rings. The molecule has 0 aliphatic rings. The van der Waals surface area contributed by atoms with Crippen LogP contribution in [0, 0.1) is 0 Å². The lowest BCUT2D eigenvalue weighted by Crippen LogP contribution is -2.35. The van der Waals surface area contributed by atoms with Crippen LogP contribution in [0.4, 0.5) is 0 Å². The number of carbonyl (C=O) groups excluding carboxylic acids is 1. The van der Waals surface area contributed by atoms with Gasteiger partial charge in [0.2, 0.25) is 0 Å². The molecule has 0 aliphatic heterocycles. The SMILES string of the molecule is CN(C)C(=O)COc1ccc(Cl)cc1CNC(C)(C)C. The molecule has 0 spiro atoms. The molecule has 0 atom stereocenters. The fourth-order valence-corrected chi connectivity index (χ4v) is 1.65. The molecule has 1 aromatic carbocycles. The third-order valence-corrected chi connectivity index (χ3v) is 2.92. The lowest BCUT2D eigenvalue weighted by molar-refractivity contribution is -0.130. The molecule has 0 radical (unpaired) electrons. The van der Waals surface area contributed by atoms with Gasteiger partial charge in [-0.05, 0) is 39.0 Å². The van der Waals surface area contributed by atoms with Crippen molar-refractivity contribution in [3.05, 3.63) is 28.8 Å². The van der Waals surface area contributed by atoms with Crippen LogP contribution in [-0.4, -0.2) is 37.0 Å². The fourth-order valence-electron chi connectivity index (χ4n) is 1.46. The van der Waals surface area contributed by atoms with Crippen LogP contribution < -0.4 is 10.1 Å². The number of likely N-dealkylation sites (N-methyl/N-ethyl adjacent to an activating group) is 1. The van der Waals surface area contributed by atoms with E-state index in [2.05, 4.69) is 26.1 Å². The van der Waals surface area contributed by atoms with Crippen LogP contribution in [0.25, 0.3) is 0 Å². The highest BCUT2D eigenvalue weighted by atomic mass is 35.5. The zero-order valence-electron chi connectivity index (χ0n) is 12.8. The molecule has 0 unspecified atom stereocenters. The molecule has 1 N–H and O–H groups in total. The number of rotatable bonds is 5. The molecule has 5 heteroatoms. The Morgan fingerprint density at radius 1 is 1.35 bits per heavy atom. The van der Waals surface area contributed by atoms with Gasteiger partial charge in [0.15, 0.2) is 6.61 Å². The smallest absolute Gasteiger partial charge is 0.259 e. The van der Waals surface area contributed by atoms with Gasteiger partial charge in [0.1, 0.15) is 5.75 Å². The van der Waals surface area contributed by atoms with Crippen LogP contribution >= 0.6 is 11.6 Å². The van der Waals surface area contributed by atoms with Crippen molar-refractivity contribution >= 4 is 17.5 Å². The molecule has 0 heterocycles. The Kier molecular flexibility index (Phi) is 5.84. The summed E-state index contributed by atoms with van der Waals surface area (Å²) in [7, 11) is 3.41. The molecule has 20 heavy (non-hydrogen) atoms. The van der Waals surface area contributed by atoms with Gasteiger partial charge < -0.3 is 15.0 Å². The zero-order chi connectivity index (χ0) is 15.3. The Morgan fingerprint density at radius 2 is 2.00 bits per heavy atom. The second kappa shape index (κ2) is 6.95. The van der Waals surface area contributed by atoms with Gasteiger partial charge in [0.25, 0.3) is 5.91 Å². The first-order valence-electron chi connectivity index (χ1n) is 6.55. The van der Waals surface area contributed by atoms with Crippen molar-refractivity contribution in [2.75, 3.05) is 20.7 Å². The number of ether oxygens (including phenoxy) is 1. The number of nitrogens with one attached hydrogen (secondary N) is 1. The van der Waals surface area contributed by atoms with Crippen molar-refractivity contribution in [2.45, 2.75) is 32.9 Å². The predicted molar refractivity (Wildman–Crippen MR) is 82.2 cm³/mol. The maximum Gasteiger partial charge on any atom is 0.259 e. The minimum Gasteiger partial charge on any atom is -0.483 e. The van der Waals surface area contributed by atoms with Crippen molar-refractivity contribution in [2.24, 2.45) is 0 Å². The van der Waals surface area contributed by atoms with Crippen molar-refractivity contribution in [1.29, 1.82) is 0 Å². The van der Waals surface area contributed by atoms with Crippen molar-refractivity contribution in [3.63, 3.8) is 0 Å². The number of hydrogen-bond donors (Lipinski definition) is 1. The summed E-state index contributed by atoms with van der Waals surface area (Å²) in [5, 5.41) is 4.04. The molecule has 4 nitrogen and oxygen atoms in total. The van der Waals surface area contributed by atoms with Gasteiger partial charge in [-0.25, -0.2) is 0 Å². The Hall–Kier alpha value is -1.26. The topological polar surface area (TPSA) is 41.6 Å². The molecule has 0 aromatic heterocycles. The standard InChI is InChI=1S/C15H23ClN2O2/c1-15(2,3)17-9-11-8-12(16)6-7-13(11)20-10-14(19)18(4)5/h6-8,17H,9-10H2,1-5H3. The largest absolute Gasteiger partial charge is 0.483 e. The van der Waals surface area contributed by atoms with E-state index in [0.29, 0.717) is 17.3 Å². The van der Waals surface area contributed by atoms with E-state index in [-0.39, 0.29) is 18.1 Å². The first-order valence-corrected chi connectivity index (χ1v) is 6.93. The number of nitrogens with zero attached hydrogens (tertiary/aromatic N) is 1. The number of hydrogen-bond acceptors (Lipinski definition) is 3. The zero-order valence-corrected chi connectivity index (χ0v) is 13.5. The molecule has 0 saturated heterocycles. The normalized spacial score (nSPS) is 11.3. The third kappa shape index (κ3) is 5.80. The summed E-state index contributed by atoms with van der Waals surface area (Å²) in [6, 6.07) is 5.42. The van der Waals surface area contributed by atoms with Gasteiger partial charge in [-0.2, -0.15) is 0 Å². The molecule has 0 saturated carbocycles. The number of amides is 1. The highest BCUT2D eigenvalue weighted by Gasteiger charge is 2.13. The molecule has 1 aromatic rings. The van der Waals surface area contributed by atoms with Crippen molar-refractivity contribution in [3.8, 4) is 5.75 Å². The van der Waals surface area contributed by atoms with E-state index >= 15 is 0 Å². The number of benzene rings is 1. The molecule has 112 valence electrons. The summed E-state index contributed by atoms with van der Waals surface area (Å²) in [5.41, 5.74) is 0.943. The van der Waals surface area contributed by atoms with Crippen LogP contribution in [0.1, 0.15) is 26.3 Å². The van der Waals surface area contributed by atoms with E-state index in [9.17, 15) is 4.79 Å². The van der Waals surface area contributed by atoms with E-state index < -0.39 is 0 Å². The number of halogens is 1. The summed E-state index contributed by atoms with van der Waals surface area (Å²) >= 11 is 6.02. The van der Waals surface area contributed by atoms with Gasteiger partial charge in [0, 0.05) is 36.8 Å². The van der Waals surface area contributed by atoms with Gasteiger partial charge in [0.05, 0.1) is 0 Å². The van der Waals surface area contributed by atoms with Crippen LogP contribution in [0.15, 0.2) is 18.2 Å². The van der Waals surface area contributed by atoms with E-state index in [1.807, 2.05) is 6.07 Å². The lowest BCUT2D eigenvalue weighted by Gasteiger charge is -2.22. The quantitative estimate of drug-likeness (QED) is 0.909. The van der Waals surface area contributed by atoms with Crippen LogP contribution in [0.2, 0.25) is 5.02 Å². The first kappa shape index (κ1) is 16.8. The van der Waals surface area contributed by atoms with Crippen LogP contribution in [-0.2, 0) is 11.3 Å². The van der Waals surface area contributed by atoms with Crippen molar-refractivity contribution in [1.82, 2.24) is 10.2 Å². The van der Waals surface area contributed by atoms with E-state index in [4.69, 9.17) is 16.3 Å². The second-order valence-electron chi connectivity index (χ2n) is 5.93. The van der Waals surface area contributed by atoms with Crippen LogP contribution in [0.3, 0.4) is 0 Å². The van der Waals surface area contributed by atoms with Gasteiger partial charge >= 0.3 is 0 Å². The molecule has 1 amide bonds. The average molecular weight is 299 g/mol. The van der Waals surface area contributed by atoms with Crippen LogP contribution in [0.5, 0.6) is 5.75 Å². The molecular formula is C15H23ClN2O2. The Bertz CT molecular complexity index is 467. The van der Waals surface area contributed by atoms with E-state index in [1.165, 1.54) is 4.90 Å². The van der Waals surface area contributed by atoms with E-state index in [0.717, 1.165) is 5.56 Å². The molecule has 1 rings (SSSR count). The highest BCUT2D eigenvalue weighted by Crippen LogP contribution is 2.23. The Morgan fingerprint density at radius 3 is 2.55 bits per heavy atom. The minimum atomic E-state index is -0.0744. The van der Waals surface area contributed by atoms with Crippen molar-refractivity contribution < 1.29 is 9.53 Å². The lowest BCUT2D eigenvalue weighted by atomic mass is 10.1. The minimum absolute atomic E-state index is 0.000949. The summed E-state index contributed by atoms with van der Waals surface area (Å²) < 4.78 is 5.59. The fraction of sp³-hybridized carbons (Fsp3) is 0.533. The van der Waals surface area contributed by atoms with E-state index in [1.54, 1.807) is 26.2 Å². The van der Waals surface area contributed by atoms with Gasteiger partial charge in [-0.15, -0.1) is 0 Å². The third-order valence-electron chi connectivity index (χ3n) is 2.68. The summed E-state index contributed by atoms with van der Waals surface area (Å²) in [6.07, 6.45) is 0. The average Bonchev–Trinajstić information content (AvgIpc) is 2.33. The van der Waals surface area contributed by atoms with Gasteiger partial charge in [-0.3, -0.25) is 4.79 Å². The maximum atomic E-state index is 11.6. The molecule has 0 bridgehead atoms. The Labute approximate surface area is 126 Å². The molecule has 0 aliphatic carbocycles. The molecular weight excluding hydrogens is 276 g/mol. The number of carbonyl (C=O) groups is 1. The summed E-state index contributed by atoms with van der Waals surface area (Å²) in [5.74, 6) is 0.607. The first-order chi connectivity index (χ1) is 9.19. The maximum absolute atomic E-state index is 11.6.